The van der Waals surface area contributed by atoms with E-state index in [-0.39, 0.29) is 23.2 Å². The maximum Gasteiger partial charge on any atom is 0.418 e. The van der Waals surface area contributed by atoms with Crippen LogP contribution in [-0.2, 0) is 6.18 Å². The molecule has 1 unspecified atom stereocenters. The highest BCUT2D eigenvalue weighted by molar-refractivity contribution is 5.78. The molecular weight excluding hydrogens is 307 g/mol. The van der Waals surface area contributed by atoms with E-state index in [2.05, 4.69) is 20.6 Å². The lowest BCUT2D eigenvalue weighted by molar-refractivity contribution is -0.136. The van der Waals surface area contributed by atoms with Crippen LogP contribution in [-0.4, -0.2) is 16.0 Å². The van der Waals surface area contributed by atoms with Crippen molar-refractivity contribution in [3.8, 4) is 0 Å². The molecule has 0 fully saturated rings. The number of aromatic nitrogens is 2. The quantitative estimate of drug-likeness (QED) is 0.774. The number of alkyl halides is 3. The van der Waals surface area contributed by atoms with Gasteiger partial charge in [-0.25, -0.2) is 9.97 Å². The molecule has 8 heteroatoms. The van der Waals surface area contributed by atoms with Gasteiger partial charge in [0, 0.05) is 6.04 Å². The lowest BCUT2D eigenvalue weighted by Gasteiger charge is -2.17. The molecular formula is C15H18F3N5. The first-order valence-electron chi connectivity index (χ1n) is 7.13. The van der Waals surface area contributed by atoms with Gasteiger partial charge in [0.25, 0.3) is 0 Å². The number of nitrogens with one attached hydrogen (secondary N) is 2. The summed E-state index contributed by atoms with van der Waals surface area (Å²) >= 11 is 0. The lowest BCUT2D eigenvalue weighted by Crippen LogP contribution is -2.17. The van der Waals surface area contributed by atoms with E-state index in [1.54, 1.807) is 0 Å². The van der Waals surface area contributed by atoms with Gasteiger partial charge >= 0.3 is 6.18 Å². The number of hydrogen-bond donors (Lipinski definition) is 3. The first kappa shape index (κ1) is 16.9. The van der Waals surface area contributed by atoms with E-state index in [4.69, 9.17) is 5.73 Å². The Morgan fingerprint density at radius 1 is 1.17 bits per heavy atom. The molecule has 5 nitrogen and oxygen atoms in total. The molecule has 2 aromatic rings. The van der Waals surface area contributed by atoms with Crippen molar-refractivity contribution in [3.05, 3.63) is 36.2 Å². The monoisotopic (exact) mass is 325 g/mol. The largest absolute Gasteiger partial charge is 0.418 e. The van der Waals surface area contributed by atoms with Crippen LogP contribution in [0.1, 0.15) is 25.8 Å². The molecule has 0 spiro atoms. The van der Waals surface area contributed by atoms with Crippen LogP contribution < -0.4 is 16.4 Å². The van der Waals surface area contributed by atoms with Crippen LogP contribution in [0.2, 0.25) is 0 Å². The normalized spacial score (nSPS) is 12.7. The van der Waals surface area contributed by atoms with Crippen molar-refractivity contribution in [3.63, 3.8) is 0 Å². The van der Waals surface area contributed by atoms with Crippen LogP contribution in [0.25, 0.3) is 0 Å². The van der Waals surface area contributed by atoms with E-state index in [0.717, 1.165) is 12.5 Å². The summed E-state index contributed by atoms with van der Waals surface area (Å²) in [6.07, 6.45) is -2.37. The van der Waals surface area contributed by atoms with Crippen molar-refractivity contribution < 1.29 is 13.2 Å². The molecule has 23 heavy (non-hydrogen) atoms. The molecule has 1 aromatic carbocycles. The summed E-state index contributed by atoms with van der Waals surface area (Å²) in [5.41, 5.74) is 5.24. The predicted octanol–water partition coefficient (Wildman–Crippen LogP) is 4.03. The van der Waals surface area contributed by atoms with Gasteiger partial charge in [-0.2, -0.15) is 13.2 Å². The number of anilines is 4. The predicted molar refractivity (Wildman–Crippen MR) is 84.5 cm³/mol. The van der Waals surface area contributed by atoms with Gasteiger partial charge in [-0.3, -0.25) is 0 Å². The van der Waals surface area contributed by atoms with Crippen LogP contribution in [0.3, 0.4) is 0 Å². The van der Waals surface area contributed by atoms with Crippen molar-refractivity contribution in [2.24, 2.45) is 0 Å². The molecule has 0 saturated heterocycles. The SMILES string of the molecule is CCC(C)Nc1ncnc(Nc2ccccc2C(F)(F)F)c1N. The zero-order valence-electron chi connectivity index (χ0n) is 12.8. The molecule has 2 rings (SSSR count). The smallest absolute Gasteiger partial charge is 0.393 e. The standard InChI is InChI=1S/C15H18F3N5/c1-3-9(2)22-13-12(19)14(21-8-20-13)23-11-7-5-4-6-10(11)15(16,17)18/h4-9H,3,19H2,1-2H3,(H2,20,21,22,23). The Labute approximate surface area is 132 Å². The molecule has 0 aliphatic heterocycles. The molecule has 1 heterocycles. The summed E-state index contributed by atoms with van der Waals surface area (Å²) in [6.45, 7) is 3.95. The molecule has 0 amide bonds. The molecule has 4 N–H and O–H groups in total. The average Bonchev–Trinajstić information content (AvgIpc) is 2.50. The Bertz CT molecular complexity index is 672. The summed E-state index contributed by atoms with van der Waals surface area (Å²) < 4.78 is 39.1. The summed E-state index contributed by atoms with van der Waals surface area (Å²) in [6, 6.07) is 5.28. The van der Waals surface area contributed by atoms with Crippen LogP contribution in [0.5, 0.6) is 0 Å². The summed E-state index contributed by atoms with van der Waals surface area (Å²) in [7, 11) is 0. The second-order valence-electron chi connectivity index (χ2n) is 5.11. The first-order chi connectivity index (χ1) is 10.8. The number of rotatable bonds is 5. The fourth-order valence-electron chi connectivity index (χ4n) is 1.91. The van der Waals surface area contributed by atoms with Gasteiger partial charge in [0.2, 0.25) is 0 Å². The summed E-state index contributed by atoms with van der Waals surface area (Å²) in [5.74, 6) is 0.517. The minimum atomic E-state index is -4.47. The Kier molecular flexibility index (Phi) is 4.92. The molecule has 1 atom stereocenters. The van der Waals surface area contributed by atoms with E-state index in [1.165, 1.54) is 24.5 Å². The average molecular weight is 325 g/mol. The lowest BCUT2D eigenvalue weighted by atomic mass is 10.1. The fraction of sp³-hybridized carbons (Fsp3) is 0.333. The van der Waals surface area contributed by atoms with Crippen molar-refractivity contribution in [1.29, 1.82) is 0 Å². The second kappa shape index (κ2) is 6.72. The Morgan fingerprint density at radius 3 is 2.48 bits per heavy atom. The third-order valence-corrected chi connectivity index (χ3v) is 3.36. The summed E-state index contributed by atoms with van der Waals surface area (Å²) in [5, 5.41) is 5.74. The molecule has 0 aliphatic rings. The van der Waals surface area contributed by atoms with Crippen molar-refractivity contribution in [2.45, 2.75) is 32.5 Å². The molecule has 0 bridgehead atoms. The van der Waals surface area contributed by atoms with Gasteiger partial charge in [-0.1, -0.05) is 19.1 Å². The van der Waals surface area contributed by atoms with Crippen LogP contribution in [0, 0.1) is 0 Å². The van der Waals surface area contributed by atoms with E-state index in [1.807, 2.05) is 13.8 Å². The Balaban J connectivity index is 2.33. The van der Waals surface area contributed by atoms with Gasteiger partial charge in [0.1, 0.15) is 12.0 Å². The van der Waals surface area contributed by atoms with Gasteiger partial charge in [-0.15, -0.1) is 0 Å². The molecule has 0 aliphatic carbocycles. The van der Waals surface area contributed by atoms with Gasteiger partial charge in [-0.05, 0) is 25.5 Å². The van der Waals surface area contributed by atoms with Crippen molar-refractivity contribution in [2.75, 3.05) is 16.4 Å². The van der Waals surface area contributed by atoms with Gasteiger partial charge in [0.15, 0.2) is 11.6 Å². The van der Waals surface area contributed by atoms with Crippen LogP contribution in [0.4, 0.5) is 36.2 Å². The number of nitrogens with zero attached hydrogens (tertiary/aromatic N) is 2. The highest BCUT2D eigenvalue weighted by atomic mass is 19.4. The minimum absolute atomic E-state index is 0.111. The van der Waals surface area contributed by atoms with Gasteiger partial charge in [0.05, 0.1) is 11.3 Å². The third kappa shape index (κ3) is 4.02. The minimum Gasteiger partial charge on any atom is -0.393 e. The number of hydrogen-bond acceptors (Lipinski definition) is 5. The Morgan fingerprint density at radius 2 is 1.83 bits per heavy atom. The van der Waals surface area contributed by atoms with E-state index in [9.17, 15) is 13.2 Å². The van der Waals surface area contributed by atoms with Crippen LogP contribution in [0.15, 0.2) is 30.6 Å². The third-order valence-electron chi connectivity index (χ3n) is 3.36. The maximum atomic E-state index is 13.0. The fourth-order valence-corrected chi connectivity index (χ4v) is 1.91. The zero-order chi connectivity index (χ0) is 17.0. The van der Waals surface area contributed by atoms with E-state index >= 15 is 0 Å². The maximum absolute atomic E-state index is 13.0. The number of halogens is 3. The highest BCUT2D eigenvalue weighted by Gasteiger charge is 2.33. The number of nitrogens with two attached hydrogens (primary N) is 1. The Hall–Kier alpha value is -2.51. The number of para-hydroxylation sites is 1. The van der Waals surface area contributed by atoms with E-state index < -0.39 is 11.7 Å². The van der Waals surface area contributed by atoms with Gasteiger partial charge < -0.3 is 16.4 Å². The number of nitrogen functional groups attached to an aromatic ring is 1. The van der Waals surface area contributed by atoms with Crippen molar-refractivity contribution in [1.82, 2.24) is 9.97 Å². The van der Waals surface area contributed by atoms with Crippen LogP contribution >= 0.6 is 0 Å². The molecule has 0 saturated carbocycles. The summed E-state index contributed by atoms with van der Waals surface area (Å²) in [4.78, 5) is 7.97. The van der Waals surface area contributed by atoms with E-state index in [0.29, 0.717) is 5.82 Å². The second-order valence-corrected chi connectivity index (χ2v) is 5.11. The molecule has 0 radical (unpaired) electrons. The topological polar surface area (TPSA) is 75.9 Å². The van der Waals surface area contributed by atoms with Crippen molar-refractivity contribution >= 4 is 23.0 Å². The molecule has 1 aromatic heterocycles. The number of benzene rings is 1. The zero-order valence-corrected chi connectivity index (χ0v) is 12.8. The highest BCUT2D eigenvalue weighted by Crippen LogP contribution is 2.36. The first-order valence-corrected chi connectivity index (χ1v) is 7.13. The molecule has 124 valence electrons.